The summed E-state index contributed by atoms with van der Waals surface area (Å²) < 4.78 is 0.899. The van der Waals surface area contributed by atoms with E-state index in [9.17, 15) is 4.79 Å². The minimum atomic E-state index is -0.209. The van der Waals surface area contributed by atoms with E-state index in [1.807, 2.05) is 49.4 Å². The van der Waals surface area contributed by atoms with Crippen molar-refractivity contribution in [1.82, 2.24) is 10.4 Å². The van der Waals surface area contributed by atoms with Gasteiger partial charge in [-0.05, 0) is 47.7 Å². The number of hydrazone groups is 1. The maximum absolute atomic E-state index is 12.1. The summed E-state index contributed by atoms with van der Waals surface area (Å²) in [6, 6.07) is 15.4. The van der Waals surface area contributed by atoms with Crippen LogP contribution >= 0.6 is 22.6 Å². The van der Waals surface area contributed by atoms with Gasteiger partial charge in [-0.2, -0.15) is 5.10 Å². The van der Waals surface area contributed by atoms with E-state index in [0.717, 1.165) is 25.7 Å². The number of H-pyrrole nitrogens is 1. The number of hydrogen-bond donors (Lipinski definition) is 2. The lowest BCUT2D eigenvalue weighted by molar-refractivity contribution is 0.0954. The molecule has 0 aliphatic heterocycles. The lowest BCUT2D eigenvalue weighted by Gasteiger charge is -2.02. The molecule has 1 amide bonds. The number of carbonyl (C=O) groups excluding carboxylic acids is 1. The van der Waals surface area contributed by atoms with Crippen LogP contribution in [-0.4, -0.2) is 17.1 Å². The average molecular weight is 403 g/mol. The second-order valence-corrected chi connectivity index (χ2v) is 6.05. The van der Waals surface area contributed by atoms with Crippen LogP contribution in [0.5, 0.6) is 0 Å². The van der Waals surface area contributed by atoms with Crippen LogP contribution in [0, 0.1) is 10.5 Å². The van der Waals surface area contributed by atoms with Crippen molar-refractivity contribution >= 4 is 45.6 Å². The molecule has 0 saturated carbocycles. The predicted molar refractivity (Wildman–Crippen MR) is 97.3 cm³/mol. The first-order valence-electron chi connectivity index (χ1n) is 6.82. The number of amides is 1. The molecule has 3 rings (SSSR count). The molecule has 0 fully saturated rings. The first-order chi connectivity index (χ1) is 10.7. The van der Waals surface area contributed by atoms with E-state index in [-0.39, 0.29) is 5.91 Å². The Morgan fingerprint density at radius 3 is 2.73 bits per heavy atom. The molecular formula is C17H14IN3O. The summed E-state index contributed by atoms with van der Waals surface area (Å²) >= 11 is 2.14. The minimum absolute atomic E-state index is 0.209. The summed E-state index contributed by atoms with van der Waals surface area (Å²) in [6.45, 7) is 1.99. The zero-order chi connectivity index (χ0) is 15.5. The number of rotatable bonds is 3. The molecule has 1 heterocycles. The van der Waals surface area contributed by atoms with E-state index in [1.54, 1.807) is 12.3 Å². The van der Waals surface area contributed by atoms with Crippen LogP contribution in [-0.2, 0) is 0 Å². The Morgan fingerprint density at radius 2 is 1.91 bits per heavy atom. The van der Waals surface area contributed by atoms with Gasteiger partial charge >= 0.3 is 0 Å². The molecule has 0 aliphatic rings. The molecule has 0 unspecified atom stereocenters. The van der Waals surface area contributed by atoms with Gasteiger partial charge in [0.05, 0.1) is 11.8 Å². The Morgan fingerprint density at radius 1 is 1.18 bits per heavy atom. The monoisotopic (exact) mass is 403 g/mol. The zero-order valence-electron chi connectivity index (χ0n) is 11.9. The molecule has 0 bridgehead atoms. The van der Waals surface area contributed by atoms with Gasteiger partial charge in [0.15, 0.2) is 0 Å². The lowest BCUT2D eigenvalue weighted by Crippen LogP contribution is -2.18. The second kappa shape index (κ2) is 6.31. The first kappa shape index (κ1) is 14.8. The van der Waals surface area contributed by atoms with Gasteiger partial charge in [0.2, 0.25) is 0 Å². The summed E-state index contributed by atoms with van der Waals surface area (Å²) in [5.41, 5.74) is 6.27. The normalized spacial score (nSPS) is 11.2. The molecule has 0 aliphatic carbocycles. The summed E-state index contributed by atoms with van der Waals surface area (Å²) in [7, 11) is 0. The minimum Gasteiger partial charge on any atom is -0.358 e. The molecule has 5 heteroatoms. The fourth-order valence-electron chi connectivity index (χ4n) is 2.33. The number of carbonyl (C=O) groups is 1. The maximum Gasteiger partial charge on any atom is 0.272 e. The fourth-order valence-corrected chi connectivity index (χ4v) is 2.96. The van der Waals surface area contributed by atoms with Crippen LogP contribution in [0.15, 0.2) is 53.6 Å². The number of fused-ring (bicyclic) bond motifs is 1. The van der Waals surface area contributed by atoms with Crippen molar-refractivity contribution in [2.75, 3.05) is 0 Å². The quantitative estimate of drug-likeness (QED) is 0.390. The van der Waals surface area contributed by atoms with Gasteiger partial charge in [-0.15, -0.1) is 0 Å². The van der Waals surface area contributed by atoms with Crippen molar-refractivity contribution in [2.24, 2.45) is 5.10 Å². The van der Waals surface area contributed by atoms with Crippen molar-refractivity contribution in [3.8, 4) is 0 Å². The highest BCUT2D eigenvalue weighted by Gasteiger charge is 2.08. The topological polar surface area (TPSA) is 57.2 Å². The Bertz CT molecular complexity index is 867. The number of aromatic amines is 1. The number of halogens is 1. The molecule has 22 heavy (non-hydrogen) atoms. The maximum atomic E-state index is 12.1. The number of para-hydroxylation sites is 1. The van der Waals surface area contributed by atoms with Gasteiger partial charge in [0, 0.05) is 25.7 Å². The van der Waals surface area contributed by atoms with Crippen molar-refractivity contribution in [2.45, 2.75) is 6.92 Å². The summed E-state index contributed by atoms with van der Waals surface area (Å²) in [4.78, 5) is 15.4. The first-order valence-corrected chi connectivity index (χ1v) is 7.90. The highest BCUT2D eigenvalue weighted by Crippen LogP contribution is 2.19. The highest BCUT2D eigenvalue weighted by molar-refractivity contribution is 14.1. The van der Waals surface area contributed by atoms with E-state index >= 15 is 0 Å². The predicted octanol–water partition coefficient (Wildman–Crippen LogP) is 3.84. The Hall–Kier alpha value is -2.15. The van der Waals surface area contributed by atoms with Crippen LogP contribution in [0.4, 0.5) is 0 Å². The number of hydrogen-bond acceptors (Lipinski definition) is 2. The van der Waals surface area contributed by atoms with Gasteiger partial charge in [-0.3, -0.25) is 4.79 Å². The van der Waals surface area contributed by atoms with Gasteiger partial charge in [0.25, 0.3) is 5.91 Å². The molecular weight excluding hydrogens is 389 g/mol. The molecule has 3 aromatic rings. The summed E-state index contributed by atoms with van der Waals surface area (Å²) in [6.07, 6.45) is 1.68. The van der Waals surface area contributed by atoms with E-state index in [1.165, 1.54) is 0 Å². The third-order valence-corrected chi connectivity index (χ3v) is 4.36. The Kier molecular flexibility index (Phi) is 4.24. The van der Waals surface area contributed by atoms with Crippen LogP contribution in [0.3, 0.4) is 0 Å². The molecule has 0 atom stereocenters. The van der Waals surface area contributed by atoms with Gasteiger partial charge < -0.3 is 4.98 Å². The standard InChI is InChI=1S/C17H14IN3O/c1-11-14(12-6-3-5-9-16(12)20-11)10-19-21-17(22)13-7-2-4-8-15(13)18/h2-10,20H,1H3,(H,21,22). The van der Waals surface area contributed by atoms with Crippen molar-refractivity contribution in [3.63, 3.8) is 0 Å². The third-order valence-electron chi connectivity index (χ3n) is 3.42. The third kappa shape index (κ3) is 2.89. The number of aromatic nitrogens is 1. The van der Waals surface area contributed by atoms with Gasteiger partial charge in [-0.25, -0.2) is 5.43 Å². The molecule has 0 radical (unpaired) electrons. The highest BCUT2D eigenvalue weighted by atomic mass is 127. The van der Waals surface area contributed by atoms with Gasteiger partial charge in [0.1, 0.15) is 0 Å². The van der Waals surface area contributed by atoms with E-state index < -0.39 is 0 Å². The number of benzene rings is 2. The number of nitrogens with zero attached hydrogens (tertiary/aromatic N) is 1. The zero-order valence-corrected chi connectivity index (χ0v) is 14.1. The largest absolute Gasteiger partial charge is 0.358 e. The molecule has 0 saturated heterocycles. The van der Waals surface area contributed by atoms with Crippen molar-refractivity contribution < 1.29 is 4.79 Å². The lowest BCUT2D eigenvalue weighted by atomic mass is 10.1. The van der Waals surface area contributed by atoms with E-state index in [2.05, 4.69) is 38.1 Å². The Labute approximate surface area is 141 Å². The van der Waals surface area contributed by atoms with E-state index in [0.29, 0.717) is 5.56 Å². The average Bonchev–Trinajstić information content (AvgIpc) is 2.83. The SMILES string of the molecule is Cc1[nH]c2ccccc2c1C=NNC(=O)c1ccccc1I. The van der Waals surface area contributed by atoms with Crippen LogP contribution in [0.25, 0.3) is 10.9 Å². The summed E-state index contributed by atoms with van der Waals surface area (Å²) in [5, 5.41) is 5.18. The molecule has 2 N–H and O–H groups in total. The Balaban J connectivity index is 1.81. The van der Waals surface area contributed by atoms with Crippen LogP contribution in [0.1, 0.15) is 21.6 Å². The van der Waals surface area contributed by atoms with Gasteiger partial charge in [-0.1, -0.05) is 30.3 Å². The number of aryl methyl sites for hydroxylation is 1. The fraction of sp³-hybridized carbons (Fsp3) is 0.0588. The molecule has 110 valence electrons. The smallest absolute Gasteiger partial charge is 0.272 e. The molecule has 4 nitrogen and oxygen atoms in total. The van der Waals surface area contributed by atoms with Crippen LogP contribution in [0.2, 0.25) is 0 Å². The van der Waals surface area contributed by atoms with Crippen molar-refractivity contribution in [3.05, 3.63) is 68.9 Å². The summed E-state index contributed by atoms with van der Waals surface area (Å²) in [5.74, 6) is -0.209. The molecule has 2 aromatic carbocycles. The van der Waals surface area contributed by atoms with E-state index in [4.69, 9.17) is 0 Å². The molecule has 1 aromatic heterocycles. The number of nitrogens with one attached hydrogen (secondary N) is 2. The second-order valence-electron chi connectivity index (χ2n) is 4.89. The van der Waals surface area contributed by atoms with Crippen LogP contribution < -0.4 is 5.43 Å². The molecule has 0 spiro atoms. The van der Waals surface area contributed by atoms with Crippen molar-refractivity contribution in [1.29, 1.82) is 0 Å².